The average molecular weight is 282 g/mol. The van der Waals surface area contributed by atoms with Gasteiger partial charge < -0.3 is 9.84 Å². The summed E-state index contributed by atoms with van der Waals surface area (Å²) >= 11 is 2.77. The van der Waals surface area contributed by atoms with Crippen molar-refractivity contribution in [2.75, 3.05) is 7.11 Å². The van der Waals surface area contributed by atoms with Crippen molar-refractivity contribution in [2.45, 2.75) is 6.43 Å². The molecule has 1 aromatic heterocycles. The van der Waals surface area contributed by atoms with Gasteiger partial charge in [0.25, 0.3) is 6.43 Å². The molecule has 1 heterocycles. The maximum absolute atomic E-state index is 12.5. The van der Waals surface area contributed by atoms with E-state index in [0.717, 1.165) is 6.07 Å². The molecule has 0 aliphatic heterocycles. The van der Waals surface area contributed by atoms with Gasteiger partial charge in [0.2, 0.25) is 5.88 Å². The van der Waals surface area contributed by atoms with Gasteiger partial charge in [-0.1, -0.05) is 0 Å². The van der Waals surface area contributed by atoms with Gasteiger partial charge in [-0.25, -0.2) is 18.6 Å². The lowest BCUT2D eigenvalue weighted by atomic mass is 10.1. The Labute approximate surface area is 92.0 Å². The number of methoxy groups -OCH3 is 1. The molecule has 0 saturated heterocycles. The summed E-state index contributed by atoms with van der Waals surface area (Å²) < 4.78 is 29.5. The summed E-state index contributed by atoms with van der Waals surface area (Å²) in [6, 6.07) is 0.953. The molecule has 82 valence electrons. The molecule has 1 rings (SSSR count). The van der Waals surface area contributed by atoms with Crippen molar-refractivity contribution < 1.29 is 23.4 Å². The second kappa shape index (κ2) is 4.52. The number of carboxylic acids is 1. The van der Waals surface area contributed by atoms with Gasteiger partial charge in [-0.15, -0.1) is 0 Å². The van der Waals surface area contributed by atoms with Gasteiger partial charge in [-0.3, -0.25) is 0 Å². The number of carbonyl (C=O) groups is 1. The SMILES string of the molecule is COc1cc(C(=O)O)c(C(F)F)c(Br)n1. The predicted molar refractivity (Wildman–Crippen MR) is 50.4 cm³/mol. The first-order valence-corrected chi connectivity index (χ1v) is 4.52. The summed E-state index contributed by atoms with van der Waals surface area (Å²) in [7, 11) is 1.27. The summed E-state index contributed by atoms with van der Waals surface area (Å²) in [5, 5.41) is 8.72. The third-order valence-corrected chi connectivity index (χ3v) is 2.25. The van der Waals surface area contributed by atoms with Crippen LogP contribution in [0.15, 0.2) is 10.7 Å². The first kappa shape index (κ1) is 11.8. The molecule has 1 N–H and O–H groups in total. The zero-order valence-corrected chi connectivity index (χ0v) is 9.09. The van der Waals surface area contributed by atoms with E-state index < -0.39 is 23.5 Å². The van der Waals surface area contributed by atoms with Gasteiger partial charge in [0.15, 0.2) is 0 Å². The van der Waals surface area contributed by atoms with Crippen molar-refractivity contribution in [3.63, 3.8) is 0 Å². The Morgan fingerprint density at radius 3 is 2.67 bits per heavy atom. The van der Waals surface area contributed by atoms with Crippen molar-refractivity contribution in [3.05, 3.63) is 21.8 Å². The molecule has 0 spiro atoms. The summed E-state index contributed by atoms with van der Waals surface area (Å²) in [5.41, 5.74) is -1.17. The number of halogens is 3. The first-order chi connectivity index (χ1) is 6.97. The monoisotopic (exact) mass is 281 g/mol. The molecule has 1 aromatic rings. The number of aromatic carboxylic acids is 1. The van der Waals surface area contributed by atoms with Crippen LogP contribution in [0.3, 0.4) is 0 Å². The molecule has 0 atom stereocenters. The minimum atomic E-state index is -2.91. The lowest BCUT2D eigenvalue weighted by Gasteiger charge is -2.08. The van der Waals surface area contributed by atoms with Crippen molar-refractivity contribution in [1.29, 1.82) is 0 Å². The molecule has 0 fully saturated rings. The van der Waals surface area contributed by atoms with Crippen LogP contribution in [0.1, 0.15) is 22.3 Å². The molecule has 0 unspecified atom stereocenters. The van der Waals surface area contributed by atoms with Crippen LogP contribution in [0.25, 0.3) is 0 Å². The van der Waals surface area contributed by atoms with Crippen molar-refractivity contribution in [1.82, 2.24) is 4.98 Å². The molecular formula is C8H6BrF2NO3. The molecule has 0 bridgehead atoms. The quantitative estimate of drug-likeness (QED) is 0.865. The first-order valence-electron chi connectivity index (χ1n) is 3.73. The Kier molecular flexibility index (Phi) is 3.57. The van der Waals surface area contributed by atoms with Gasteiger partial charge in [-0.05, 0) is 15.9 Å². The Bertz CT molecular complexity index is 398. The minimum Gasteiger partial charge on any atom is -0.481 e. The Morgan fingerprint density at radius 1 is 1.67 bits per heavy atom. The highest BCUT2D eigenvalue weighted by Gasteiger charge is 2.23. The molecule has 4 nitrogen and oxygen atoms in total. The number of aromatic nitrogens is 1. The van der Waals surface area contributed by atoms with Crippen LogP contribution < -0.4 is 4.74 Å². The number of ether oxygens (including phenoxy) is 1. The number of rotatable bonds is 3. The second-order valence-electron chi connectivity index (χ2n) is 2.52. The zero-order valence-electron chi connectivity index (χ0n) is 7.50. The highest BCUT2D eigenvalue weighted by Crippen LogP contribution is 2.31. The molecule has 0 radical (unpaired) electrons. The van der Waals surface area contributed by atoms with Gasteiger partial charge in [0, 0.05) is 6.07 Å². The number of hydrogen-bond donors (Lipinski definition) is 1. The van der Waals surface area contributed by atoms with Crippen molar-refractivity contribution in [3.8, 4) is 5.88 Å². The van der Waals surface area contributed by atoms with Gasteiger partial charge >= 0.3 is 5.97 Å². The number of nitrogens with zero attached hydrogens (tertiary/aromatic N) is 1. The fourth-order valence-electron chi connectivity index (χ4n) is 0.991. The largest absolute Gasteiger partial charge is 0.481 e. The third kappa shape index (κ3) is 2.41. The van der Waals surface area contributed by atoms with Gasteiger partial charge in [0.05, 0.1) is 18.2 Å². The van der Waals surface area contributed by atoms with E-state index in [1.165, 1.54) is 7.11 Å². The summed E-state index contributed by atoms with van der Waals surface area (Å²) in [5.74, 6) is -1.49. The van der Waals surface area contributed by atoms with E-state index in [9.17, 15) is 13.6 Å². The van der Waals surface area contributed by atoms with E-state index in [4.69, 9.17) is 5.11 Å². The average Bonchev–Trinajstić information content (AvgIpc) is 2.15. The Hall–Kier alpha value is -1.24. The maximum atomic E-state index is 12.5. The van der Waals surface area contributed by atoms with Crippen LogP contribution in [0.5, 0.6) is 5.88 Å². The molecule has 0 aliphatic rings. The van der Waals surface area contributed by atoms with E-state index in [-0.39, 0.29) is 10.5 Å². The Morgan fingerprint density at radius 2 is 2.27 bits per heavy atom. The topological polar surface area (TPSA) is 59.4 Å². The van der Waals surface area contributed by atoms with Crippen LogP contribution >= 0.6 is 15.9 Å². The summed E-state index contributed by atoms with van der Waals surface area (Å²) in [6.45, 7) is 0. The molecular weight excluding hydrogens is 276 g/mol. The van der Waals surface area contributed by atoms with Gasteiger partial charge in [0.1, 0.15) is 4.60 Å². The highest BCUT2D eigenvalue weighted by molar-refractivity contribution is 9.10. The van der Waals surface area contributed by atoms with Crippen LogP contribution in [-0.4, -0.2) is 23.2 Å². The van der Waals surface area contributed by atoms with Crippen LogP contribution in [0.2, 0.25) is 0 Å². The van der Waals surface area contributed by atoms with Crippen molar-refractivity contribution in [2.24, 2.45) is 0 Å². The fraction of sp³-hybridized carbons (Fsp3) is 0.250. The molecule has 0 aromatic carbocycles. The zero-order chi connectivity index (χ0) is 11.6. The van der Waals surface area contributed by atoms with Crippen LogP contribution in [0.4, 0.5) is 8.78 Å². The number of alkyl halides is 2. The molecule has 0 saturated carbocycles. The highest BCUT2D eigenvalue weighted by atomic mass is 79.9. The minimum absolute atomic E-state index is 0.0383. The fourth-order valence-corrected chi connectivity index (χ4v) is 1.55. The normalized spacial score (nSPS) is 10.5. The lowest BCUT2D eigenvalue weighted by molar-refractivity contribution is 0.0683. The number of carboxylic acid groups (broad SMARTS) is 1. The predicted octanol–water partition coefficient (Wildman–Crippen LogP) is 2.49. The summed E-state index contributed by atoms with van der Waals surface area (Å²) in [4.78, 5) is 14.3. The Balaban J connectivity index is 3.42. The van der Waals surface area contributed by atoms with E-state index in [1.807, 2.05) is 0 Å². The standard InChI is InChI=1S/C8H6BrF2NO3/c1-15-4-2-3(8(13)14)5(7(10)11)6(9)12-4/h2,7H,1H3,(H,13,14). The van der Waals surface area contributed by atoms with Crippen molar-refractivity contribution >= 4 is 21.9 Å². The smallest absolute Gasteiger partial charge is 0.336 e. The molecule has 0 aliphatic carbocycles. The molecule has 15 heavy (non-hydrogen) atoms. The van der Waals surface area contributed by atoms with E-state index in [0.29, 0.717) is 0 Å². The summed E-state index contributed by atoms with van der Waals surface area (Å²) in [6.07, 6.45) is -2.91. The number of hydrogen-bond acceptors (Lipinski definition) is 3. The number of pyridine rings is 1. The van der Waals surface area contributed by atoms with E-state index in [1.54, 1.807) is 0 Å². The third-order valence-electron chi connectivity index (χ3n) is 1.65. The maximum Gasteiger partial charge on any atom is 0.336 e. The van der Waals surface area contributed by atoms with Gasteiger partial charge in [-0.2, -0.15) is 0 Å². The van der Waals surface area contributed by atoms with Crippen LogP contribution in [-0.2, 0) is 0 Å². The van der Waals surface area contributed by atoms with E-state index in [2.05, 4.69) is 25.7 Å². The molecule has 0 amide bonds. The van der Waals surface area contributed by atoms with E-state index >= 15 is 0 Å². The van der Waals surface area contributed by atoms with Crippen LogP contribution in [0, 0.1) is 0 Å². The molecule has 7 heteroatoms. The lowest BCUT2D eigenvalue weighted by Crippen LogP contribution is -2.06. The second-order valence-corrected chi connectivity index (χ2v) is 3.27.